The van der Waals surface area contributed by atoms with Crippen LogP contribution in [0.25, 0.3) is 5.69 Å². The lowest BCUT2D eigenvalue weighted by Gasteiger charge is -2.07. The van der Waals surface area contributed by atoms with Crippen LogP contribution in [-0.2, 0) is 0 Å². The second kappa shape index (κ2) is 4.11. The number of nitrogens with two attached hydrogens (primary N) is 1. The van der Waals surface area contributed by atoms with Crippen LogP contribution >= 0.6 is 0 Å². The number of hydrogen-bond acceptors (Lipinski definition) is 2. The number of aromatic nitrogens is 2. The van der Waals surface area contributed by atoms with Crippen molar-refractivity contribution in [1.82, 2.24) is 9.78 Å². The molecule has 0 aliphatic rings. The monoisotopic (exact) mass is 199 g/mol. The third kappa shape index (κ3) is 1.97. The minimum Gasteiger partial charge on any atom is -0.321 e. The molecule has 0 radical (unpaired) electrons. The molecule has 1 heterocycles. The molecule has 1 atom stereocenters. The molecule has 0 aliphatic heterocycles. The molecule has 2 aromatic rings. The van der Waals surface area contributed by atoms with Crippen LogP contribution in [0.1, 0.15) is 11.6 Å². The molecule has 2 N–H and O–H groups in total. The molecule has 76 valence electrons. The van der Waals surface area contributed by atoms with Gasteiger partial charge in [-0.15, -0.1) is 6.58 Å². The van der Waals surface area contributed by atoms with Crippen molar-refractivity contribution in [3.63, 3.8) is 0 Å². The van der Waals surface area contributed by atoms with Crippen LogP contribution in [0.4, 0.5) is 0 Å². The zero-order chi connectivity index (χ0) is 10.7. The zero-order valence-electron chi connectivity index (χ0n) is 8.38. The van der Waals surface area contributed by atoms with Crippen molar-refractivity contribution in [2.45, 2.75) is 6.04 Å². The number of nitrogens with zero attached hydrogens (tertiary/aromatic N) is 2. The summed E-state index contributed by atoms with van der Waals surface area (Å²) in [7, 11) is 0. The molecule has 2 rings (SSSR count). The molecule has 1 aromatic heterocycles. The number of hydrogen-bond donors (Lipinski definition) is 1. The number of benzene rings is 1. The second-order valence-electron chi connectivity index (χ2n) is 3.30. The van der Waals surface area contributed by atoms with E-state index in [4.69, 9.17) is 5.73 Å². The molecule has 1 unspecified atom stereocenters. The lowest BCUT2D eigenvalue weighted by Crippen LogP contribution is -2.06. The summed E-state index contributed by atoms with van der Waals surface area (Å²) in [6.45, 7) is 3.67. The van der Waals surface area contributed by atoms with Crippen molar-refractivity contribution in [2.24, 2.45) is 5.73 Å². The van der Waals surface area contributed by atoms with E-state index in [-0.39, 0.29) is 6.04 Å². The first-order chi connectivity index (χ1) is 7.31. The smallest absolute Gasteiger partial charge is 0.0645 e. The van der Waals surface area contributed by atoms with Crippen molar-refractivity contribution in [3.8, 4) is 5.69 Å². The molecule has 0 bridgehead atoms. The van der Waals surface area contributed by atoms with Crippen LogP contribution in [0.3, 0.4) is 0 Å². The lowest BCUT2D eigenvalue weighted by atomic mass is 10.1. The van der Waals surface area contributed by atoms with Crippen molar-refractivity contribution < 1.29 is 0 Å². The summed E-state index contributed by atoms with van der Waals surface area (Å²) in [6.07, 6.45) is 5.38. The highest BCUT2D eigenvalue weighted by Crippen LogP contribution is 2.14. The first kappa shape index (κ1) is 9.68. The van der Waals surface area contributed by atoms with Gasteiger partial charge in [0.05, 0.1) is 5.69 Å². The summed E-state index contributed by atoms with van der Waals surface area (Å²) in [6, 6.07) is 9.75. The van der Waals surface area contributed by atoms with Crippen LogP contribution < -0.4 is 5.73 Å². The Morgan fingerprint density at radius 3 is 2.60 bits per heavy atom. The van der Waals surface area contributed by atoms with Gasteiger partial charge < -0.3 is 5.73 Å². The van der Waals surface area contributed by atoms with Crippen molar-refractivity contribution in [1.29, 1.82) is 0 Å². The molecule has 0 aliphatic carbocycles. The second-order valence-corrected chi connectivity index (χ2v) is 3.30. The average molecular weight is 199 g/mol. The van der Waals surface area contributed by atoms with Gasteiger partial charge in [0.25, 0.3) is 0 Å². The highest BCUT2D eigenvalue weighted by molar-refractivity contribution is 5.35. The number of rotatable bonds is 3. The standard InChI is InChI=1S/C12H13N3/c1-2-12(13)10-4-6-11(7-5-10)15-9-3-8-14-15/h2-9,12H,1,13H2. The maximum Gasteiger partial charge on any atom is 0.0645 e. The van der Waals surface area contributed by atoms with Gasteiger partial charge in [-0.25, -0.2) is 4.68 Å². The molecule has 0 spiro atoms. The first-order valence-corrected chi connectivity index (χ1v) is 4.79. The highest BCUT2D eigenvalue weighted by Gasteiger charge is 2.01. The summed E-state index contributed by atoms with van der Waals surface area (Å²) in [5, 5.41) is 4.15. The Labute approximate surface area is 88.8 Å². The van der Waals surface area contributed by atoms with Crippen LogP contribution in [0.15, 0.2) is 55.4 Å². The molecule has 3 nitrogen and oxygen atoms in total. The lowest BCUT2D eigenvalue weighted by molar-refractivity contribution is 0.872. The maximum absolute atomic E-state index is 5.82. The summed E-state index contributed by atoms with van der Waals surface area (Å²) >= 11 is 0. The molecule has 15 heavy (non-hydrogen) atoms. The largest absolute Gasteiger partial charge is 0.321 e. The molecule has 1 aromatic carbocycles. The molecule has 3 heteroatoms. The SMILES string of the molecule is C=CC(N)c1ccc(-n2cccn2)cc1. The molecular weight excluding hydrogens is 186 g/mol. The first-order valence-electron chi connectivity index (χ1n) is 4.79. The van der Waals surface area contributed by atoms with E-state index >= 15 is 0 Å². The van der Waals surface area contributed by atoms with Crippen molar-refractivity contribution in [2.75, 3.05) is 0 Å². The molecule has 0 saturated heterocycles. The van der Waals surface area contributed by atoms with E-state index in [0.29, 0.717) is 0 Å². The predicted octanol–water partition coefficient (Wildman–Crippen LogP) is 2.06. The Hall–Kier alpha value is -1.87. The summed E-state index contributed by atoms with van der Waals surface area (Å²) in [5.41, 5.74) is 7.91. The maximum atomic E-state index is 5.82. The van der Waals surface area contributed by atoms with E-state index in [1.54, 1.807) is 12.3 Å². The van der Waals surface area contributed by atoms with E-state index in [1.807, 2.05) is 41.2 Å². The van der Waals surface area contributed by atoms with Gasteiger partial charge >= 0.3 is 0 Å². The third-order valence-corrected chi connectivity index (χ3v) is 2.30. The van der Waals surface area contributed by atoms with E-state index < -0.39 is 0 Å². The normalized spacial score (nSPS) is 12.3. The van der Waals surface area contributed by atoms with E-state index in [2.05, 4.69) is 11.7 Å². The molecular formula is C12H13N3. The van der Waals surface area contributed by atoms with Crippen LogP contribution in [-0.4, -0.2) is 9.78 Å². The van der Waals surface area contributed by atoms with E-state index in [0.717, 1.165) is 11.3 Å². The van der Waals surface area contributed by atoms with Gasteiger partial charge in [-0.2, -0.15) is 5.10 Å². The van der Waals surface area contributed by atoms with E-state index in [9.17, 15) is 0 Å². The highest BCUT2D eigenvalue weighted by atomic mass is 15.3. The molecule has 0 amide bonds. The van der Waals surface area contributed by atoms with Crippen LogP contribution in [0.2, 0.25) is 0 Å². The fourth-order valence-electron chi connectivity index (χ4n) is 1.41. The van der Waals surface area contributed by atoms with Crippen LogP contribution in [0, 0.1) is 0 Å². The van der Waals surface area contributed by atoms with Gasteiger partial charge in [0, 0.05) is 18.4 Å². The average Bonchev–Trinajstić information content (AvgIpc) is 2.82. The van der Waals surface area contributed by atoms with Gasteiger partial charge in [-0.3, -0.25) is 0 Å². The fourth-order valence-corrected chi connectivity index (χ4v) is 1.41. The quantitative estimate of drug-likeness (QED) is 0.769. The van der Waals surface area contributed by atoms with Crippen molar-refractivity contribution in [3.05, 3.63) is 60.9 Å². The van der Waals surface area contributed by atoms with E-state index in [1.165, 1.54) is 0 Å². The Kier molecular flexibility index (Phi) is 2.65. The Balaban J connectivity index is 2.28. The van der Waals surface area contributed by atoms with Gasteiger partial charge in [0.2, 0.25) is 0 Å². The minimum atomic E-state index is -0.100. The summed E-state index contributed by atoms with van der Waals surface area (Å²) < 4.78 is 1.81. The Morgan fingerprint density at radius 2 is 2.07 bits per heavy atom. The summed E-state index contributed by atoms with van der Waals surface area (Å²) in [4.78, 5) is 0. The third-order valence-electron chi connectivity index (χ3n) is 2.30. The van der Waals surface area contributed by atoms with Crippen LogP contribution in [0.5, 0.6) is 0 Å². The van der Waals surface area contributed by atoms with Gasteiger partial charge in [0.15, 0.2) is 0 Å². The van der Waals surface area contributed by atoms with Gasteiger partial charge in [-0.05, 0) is 23.8 Å². The topological polar surface area (TPSA) is 43.8 Å². The molecule has 0 fully saturated rings. The fraction of sp³-hybridized carbons (Fsp3) is 0.0833. The van der Waals surface area contributed by atoms with Gasteiger partial charge in [-0.1, -0.05) is 18.2 Å². The summed E-state index contributed by atoms with van der Waals surface area (Å²) in [5.74, 6) is 0. The molecule has 0 saturated carbocycles. The van der Waals surface area contributed by atoms with Crippen molar-refractivity contribution >= 4 is 0 Å². The minimum absolute atomic E-state index is 0.100. The zero-order valence-corrected chi connectivity index (χ0v) is 8.38. The predicted molar refractivity (Wildman–Crippen MR) is 60.7 cm³/mol. The Bertz CT molecular complexity index is 428. The van der Waals surface area contributed by atoms with Gasteiger partial charge in [0.1, 0.15) is 0 Å². The Morgan fingerprint density at radius 1 is 1.33 bits per heavy atom.